The molecule has 12 heteroatoms. The topological polar surface area (TPSA) is 121 Å². The summed E-state index contributed by atoms with van der Waals surface area (Å²) in [5.41, 5.74) is -1.98. The molecule has 2 bridgehead atoms. The molecular formula is C22H19ClF3NO6S. The van der Waals surface area contributed by atoms with Gasteiger partial charge in [0.1, 0.15) is 0 Å². The Bertz CT molecular complexity index is 1270. The third-order valence-electron chi connectivity index (χ3n) is 6.69. The van der Waals surface area contributed by atoms with Gasteiger partial charge in [-0.25, -0.2) is 21.6 Å². The second-order valence-electron chi connectivity index (χ2n) is 8.68. The number of hydrogen-bond donors (Lipinski definition) is 3. The summed E-state index contributed by atoms with van der Waals surface area (Å²) in [6, 6.07) is 4.61. The maximum absolute atomic E-state index is 13.4. The Morgan fingerprint density at radius 2 is 1.65 bits per heavy atom. The number of rotatable bonds is 6. The van der Waals surface area contributed by atoms with Gasteiger partial charge in [-0.3, -0.25) is 9.59 Å². The number of amides is 1. The third-order valence-corrected chi connectivity index (χ3v) is 9.35. The normalized spacial score (nSPS) is 26.0. The van der Waals surface area contributed by atoms with Crippen LogP contribution in [0.1, 0.15) is 36.0 Å². The van der Waals surface area contributed by atoms with Gasteiger partial charge in [-0.05, 0) is 49.3 Å². The van der Waals surface area contributed by atoms with E-state index in [0.29, 0.717) is 18.6 Å². The monoisotopic (exact) mass is 517 g/mol. The van der Waals surface area contributed by atoms with Gasteiger partial charge in [0.15, 0.2) is 27.3 Å². The average Bonchev–Trinajstić information content (AvgIpc) is 2.77. The molecule has 3 N–H and O–H groups in total. The van der Waals surface area contributed by atoms with Crippen LogP contribution in [0.5, 0.6) is 0 Å². The lowest BCUT2D eigenvalue weighted by atomic mass is 9.52. The lowest BCUT2D eigenvalue weighted by Gasteiger charge is -2.57. The predicted octanol–water partition coefficient (Wildman–Crippen LogP) is 3.79. The van der Waals surface area contributed by atoms with E-state index < -0.39 is 68.3 Å². The van der Waals surface area contributed by atoms with E-state index in [9.17, 15) is 36.3 Å². The minimum absolute atomic E-state index is 0.0451. The van der Waals surface area contributed by atoms with E-state index in [1.807, 2.05) is 0 Å². The molecular weight excluding hydrogens is 499 g/mol. The number of carboxylic acid groups (broad SMARTS) is 1. The molecule has 2 aromatic rings. The molecule has 2 atom stereocenters. The Balaban J connectivity index is 1.56. The minimum atomic E-state index is -4.06. The van der Waals surface area contributed by atoms with Crippen molar-refractivity contribution in [2.75, 3.05) is 5.32 Å². The van der Waals surface area contributed by atoms with Gasteiger partial charge in [0.2, 0.25) is 0 Å². The molecule has 5 rings (SSSR count). The highest BCUT2D eigenvalue weighted by atomic mass is 35.5. The molecule has 0 aromatic heterocycles. The first-order chi connectivity index (χ1) is 15.8. The number of carbonyl (C=O) groups is 2. The van der Waals surface area contributed by atoms with Gasteiger partial charge in [0.25, 0.3) is 5.91 Å². The molecule has 3 aliphatic rings. The zero-order valence-electron chi connectivity index (χ0n) is 17.4. The summed E-state index contributed by atoms with van der Waals surface area (Å²) in [6.07, 6.45) is 0.153. The minimum Gasteiger partial charge on any atom is -0.481 e. The number of hydrogen-bond acceptors (Lipinski definition) is 5. The molecule has 0 radical (unpaired) electrons. The molecule has 0 spiro atoms. The zero-order chi connectivity index (χ0) is 25.0. The van der Waals surface area contributed by atoms with Crippen molar-refractivity contribution in [2.45, 2.75) is 41.4 Å². The van der Waals surface area contributed by atoms with E-state index in [4.69, 9.17) is 16.7 Å². The van der Waals surface area contributed by atoms with Crippen LogP contribution in [0.25, 0.3) is 0 Å². The first-order valence-corrected chi connectivity index (χ1v) is 12.2. The van der Waals surface area contributed by atoms with Gasteiger partial charge in [0, 0.05) is 23.4 Å². The number of fused-ring (bicyclic) bond motifs is 2. The Hall–Kier alpha value is -2.63. The maximum atomic E-state index is 13.4. The van der Waals surface area contributed by atoms with Gasteiger partial charge in [-0.15, -0.1) is 0 Å². The van der Waals surface area contributed by atoms with Crippen molar-refractivity contribution >= 4 is 39.0 Å². The van der Waals surface area contributed by atoms with E-state index in [1.165, 1.54) is 12.1 Å². The number of carboxylic acids is 1. The van der Waals surface area contributed by atoms with Crippen LogP contribution in [0.15, 0.2) is 35.2 Å². The predicted molar refractivity (Wildman–Crippen MR) is 115 cm³/mol. The Kier molecular flexibility index (Phi) is 6.16. The molecule has 3 fully saturated rings. The number of anilines is 1. The number of sulfone groups is 1. The fourth-order valence-electron chi connectivity index (χ4n) is 4.91. The van der Waals surface area contributed by atoms with Crippen LogP contribution in [-0.2, 0) is 14.6 Å². The molecule has 3 saturated carbocycles. The summed E-state index contributed by atoms with van der Waals surface area (Å²) < 4.78 is 66.6. The molecule has 0 aliphatic heterocycles. The van der Waals surface area contributed by atoms with Crippen LogP contribution in [0.2, 0.25) is 5.02 Å². The fourth-order valence-corrected chi connectivity index (χ4v) is 7.32. The molecule has 2 aromatic carbocycles. The van der Waals surface area contributed by atoms with Crippen molar-refractivity contribution in [1.82, 2.24) is 0 Å². The van der Waals surface area contributed by atoms with E-state index in [1.54, 1.807) is 0 Å². The zero-order valence-corrected chi connectivity index (χ0v) is 19.0. The molecule has 182 valence electrons. The Labute approximate surface area is 197 Å². The number of aliphatic hydroxyl groups is 1. The van der Waals surface area contributed by atoms with Crippen LogP contribution in [-0.4, -0.2) is 41.4 Å². The van der Waals surface area contributed by atoms with E-state index >= 15 is 0 Å². The van der Waals surface area contributed by atoms with Gasteiger partial charge >= 0.3 is 5.97 Å². The molecule has 34 heavy (non-hydrogen) atoms. The molecule has 1 amide bonds. The molecule has 7 nitrogen and oxygen atoms in total. The standard InChI is InChI=1S/C22H19ClF3NO6S/c23-15-2-1-10(21(30)27-13-7-16(24)20(26)17(25)8-13)3-18(15)34(32,33)14-5-11-4-12(6-14)22(11,31)9-19(28)29/h1-3,7-8,11-12,14,31H,4-6,9H2,(H,27,30)(H,28,29). The highest BCUT2D eigenvalue weighted by molar-refractivity contribution is 7.92. The summed E-state index contributed by atoms with van der Waals surface area (Å²) in [5, 5.41) is 20.8. The van der Waals surface area contributed by atoms with Gasteiger partial charge in [0.05, 0.1) is 27.2 Å². The van der Waals surface area contributed by atoms with Crippen LogP contribution >= 0.6 is 11.6 Å². The van der Waals surface area contributed by atoms with Crippen LogP contribution in [0, 0.1) is 29.3 Å². The van der Waals surface area contributed by atoms with Crippen molar-refractivity contribution in [2.24, 2.45) is 11.8 Å². The van der Waals surface area contributed by atoms with E-state index in [0.717, 1.165) is 6.07 Å². The summed E-state index contributed by atoms with van der Waals surface area (Å²) >= 11 is 6.12. The number of benzene rings is 2. The van der Waals surface area contributed by atoms with Crippen molar-refractivity contribution in [3.05, 3.63) is 58.4 Å². The van der Waals surface area contributed by atoms with Gasteiger partial charge in [-0.1, -0.05) is 11.6 Å². The summed E-state index contributed by atoms with van der Waals surface area (Å²) in [4.78, 5) is 23.3. The number of nitrogens with one attached hydrogen (secondary N) is 1. The van der Waals surface area contributed by atoms with Crippen LogP contribution < -0.4 is 5.32 Å². The van der Waals surface area contributed by atoms with Crippen LogP contribution in [0.3, 0.4) is 0 Å². The first-order valence-electron chi connectivity index (χ1n) is 10.3. The summed E-state index contributed by atoms with van der Waals surface area (Å²) in [7, 11) is -4.06. The maximum Gasteiger partial charge on any atom is 0.306 e. The SMILES string of the molecule is O=C(O)CC1(O)C2CC1CC(S(=O)(=O)c1cc(C(=O)Nc3cc(F)c(F)c(F)c3)ccc1Cl)C2. The number of halogens is 4. The number of aliphatic carboxylic acids is 1. The number of carbonyl (C=O) groups excluding carboxylic acids is 1. The highest BCUT2D eigenvalue weighted by Crippen LogP contribution is 2.57. The average molecular weight is 518 g/mol. The fraction of sp³-hybridized carbons (Fsp3) is 0.364. The summed E-state index contributed by atoms with van der Waals surface area (Å²) in [6.45, 7) is 0. The van der Waals surface area contributed by atoms with Gasteiger partial charge in [-0.2, -0.15) is 0 Å². The van der Waals surface area contributed by atoms with E-state index in [-0.39, 0.29) is 34.0 Å². The molecule has 0 heterocycles. The van der Waals surface area contributed by atoms with Crippen molar-refractivity contribution in [1.29, 1.82) is 0 Å². The highest BCUT2D eigenvalue weighted by Gasteiger charge is 2.60. The third kappa shape index (κ3) is 4.16. The van der Waals surface area contributed by atoms with Gasteiger partial charge < -0.3 is 15.5 Å². The first kappa shape index (κ1) is 24.5. The molecule has 3 aliphatic carbocycles. The lowest BCUT2D eigenvalue weighted by molar-refractivity contribution is -0.190. The Morgan fingerprint density at radius 1 is 1.06 bits per heavy atom. The molecule has 2 unspecified atom stereocenters. The second kappa shape index (κ2) is 8.54. The molecule has 0 saturated heterocycles. The second-order valence-corrected chi connectivity index (χ2v) is 11.3. The van der Waals surface area contributed by atoms with E-state index in [2.05, 4.69) is 5.32 Å². The quantitative estimate of drug-likeness (QED) is 0.501. The largest absolute Gasteiger partial charge is 0.481 e. The van der Waals surface area contributed by atoms with Crippen molar-refractivity contribution in [3.8, 4) is 0 Å². The van der Waals surface area contributed by atoms with Crippen molar-refractivity contribution < 1.29 is 41.4 Å². The summed E-state index contributed by atoms with van der Waals surface area (Å²) in [5.74, 6) is -7.76. The van der Waals surface area contributed by atoms with Crippen LogP contribution in [0.4, 0.5) is 18.9 Å². The Morgan fingerprint density at radius 3 is 2.21 bits per heavy atom. The van der Waals surface area contributed by atoms with Crippen molar-refractivity contribution in [3.63, 3.8) is 0 Å². The lowest BCUT2D eigenvalue weighted by Crippen LogP contribution is -2.62. The smallest absolute Gasteiger partial charge is 0.306 e.